The molecule has 0 saturated heterocycles. The molecule has 0 aliphatic heterocycles. The number of nitriles is 3. The highest BCUT2D eigenvalue weighted by atomic mass is 16.5. The molecule has 0 radical (unpaired) electrons. The number of ketones is 1. The zero-order valence-corrected chi connectivity index (χ0v) is 50.6. The van der Waals surface area contributed by atoms with Gasteiger partial charge in [-0.15, -0.1) is 0 Å². The number of ether oxygens (including phenoxy) is 3. The Bertz CT molecular complexity index is 4180. The van der Waals surface area contributed by atoms with Gasteiger partial charge in [0.2, 0.25) is 23.4 Å². The Labute approximate surface area is 518 Å². The van der Waals surface area contributed by atoms with Crippen molar-refractivity contribution in [2.24, 2.45) is 0 Å². The largest absolute Gasteiger partial charge is 0.490 e. The molecule has 0 fully saturated rings. The van der Waals surface area contributed by atoms with Crippen molar-refractivity contribution in [3.05, 3.63) is 159 Å². The molecule has 3 aliphatic carbocycles. The molecule has 12 rings (SSSR count). The summed E-state index contributed by atoms with van der Waals surface area (Å²) in [5.74, 6) is 4.96. The average Bonchev–Trinajstić information content (AvgIpc) is 3.81. The SMILES string of the molecule is C.CC(=O)CNC1CCc2c(-c3noc(-c4ccc(OC(C)C)c(C#N)c4)n3)cccc21.CC(=O)NC1CCc2c(-c3noc(-c4ccc(OC(C)C)c(C#N)c4)n3)cccc21.CC(C)Oc1ccc(-c2nc(-c3cccc4c3CCC4C)no2)cc1C#N. The normalized spacial score (nSPS) is 15.0. The summed E-state index contributed by atoms with van der Waals surface area (Å²) < 4.78 is 33.5. The van der Waals surface area contributed by atoms with Crippen LogP contribution in [0, 0.1) is 34.0 Å². The highest BCUT2D eigenvalue weighted by molar-refractivity contribution is 5.78. The van der Waals surface area contributed by atoms with E-state index in [-0.39, 0.29) is 49.5 Å². The topological polar surface area (TPSA) is 274 Å². The van der Waals surface area contributed by atoms with Crippen LogP contribution in [0.2, 0.25) is 0 Å². The molecular weight excluding hydrogens is 1120 g/mol. The molecule has 2 N–H and O–H groups in total. The maximum atomic E-state index is 11.5. The zero-order valence-electron chi connectivity index (χ0n) is 50.6. The van der Waals surface area contributed by atoms with Gasteiger partial charge in [0.05, 0.1) is 47.6 Å². The minimum atomic E-state index is -0.0432. The number of Topliss-reactive ketones (excluding diaryl/α,β-unsaturated/α-hetero) is 1. The molecule has 1 amide bonds. The van der Waals surface area contributed by atoms with Gasteiger partial charge in [-0.2, -0.15) is 30.7 Å². The van der Waals surface area contributed by atoms with Gasteiger partial charge in [0.15, 0.2) is 0 Å². The Morgan fingerprint density at radius 1 is 0.528 bits per heavy atom. The van der Waals surface area contributed by atoms with Crippen molar-refractivity contribution in [2.45, 2.75) is 145 Å². The lowest BCUT2D eigenvalue weighted by molar-refractivity contribution is -0.119. The van der Waals surface area contributed by atoms with Crippen LogP contribution in [-0.4, -0.2) is 67.0 Å². The summed E-state index contributed by atoms with van der Waals surface area (Å²) in [7, 11) is 0. The average molecular weight is 1190 g/mol. The van der Waals surface area contributed by atoms with E-state index in [2.05, 4.69) is 84.4 Å². The minimum Gasteiger partial charge on any atom is -0.490 e. The molecule has 6 aromatic carbocycles. The van der Waals surface area contributed by atoms with Gasteiger partial charge in [-0.3, -0.25) is 9.59 Å². The van der Waals surface area contributed by atoms with Crippen LogP contribution in [0.4, 0.5) is 0 Å². The summed E-state index contributed by atoms with van der Waals surface area (Å²) >= 11 is 0. The first-order valence-electron chi connectivity index (χ1n) is 29.5. The lowest BCUT2D eigenvalue weighted by Crippen LogP contribution is -2.24. The van der Waals surface area contributed by atoms with Crippen molar-refractivity contribution >= 4 is 11.7 Å². The summed E-state index contributed by atoms with van der Waals surface area (Å²) in [5, 5.41) is 47.2. The maximum absolute atomic E-state index is 11.5. The van der Waals surface area contributed by atoms with Crippen molar-refractivity contribution in [1.82, 2.24) is 41.1 Å². The molecule has 9 aromatic rings. The van der Waals surface area contributed by atoms with Gasteiger partial charge in [-0.05, 0) is 181 Å². The summed E-state index contributed by atoms with van der Waals surface area (Å²) in [4.78, 5) is 36.6. The predicted molar refractivity (Wildman–Crippen MR) is 335 cm³/mol. The molecule has 0 bridgehead atoms. The molecule has 3 aromatic heterocycles. The second kappa shape index (κ2) is 28.0. The number of benzene rings is 6. The molecule has 0 spiro atoms. The Morgan fingerprint density at radius 3 is 1.26 bits per heavy atom. The van der Waals surface area contributed by atoms with Crippen LogP contribution >= 0.6 is 0 Å². The molecule has 19 heteroatoms. The van der Waals surface area contributed by atoms with Crippen LogP contribution in [0.15, 0.2) is 123 Å². The zero-order chi connectivity index (χ0) is 62.2. The highest BCUT2D eigenvalue weighted by Gasteiger charge is 2.30. The third kappa shape index (κ3) is 14.4. The molecule has 19 nitrogen and oxygen atoms in total. The summed E-state index contributed by atoms with van der Waals surface area (Å²) in [5.41, 5.74) is 13.5. The summed E-state index contributed by atoms with van der Waals surface area (Å²) in [6.07, 6.45) is 5.62. The number of rotatable bonds is 16. The highest BCUT2D eigenvalue weighted by Crippen LogP contribution is 2.41. The fraction of sp³-hybridized carbons (Fsp3) is 0.329. The van der Waals surface area contributed by atoms with E-state index in [1.807, 2.05) is 90.1 Å². The van der Waals surface area contributed by atoms with Crippen molar-refractivity contribution in [2.75, 3.05) is 6.54 Å². The van der Waals surface area contributed by atoms with E-state index in [4.69, 9.17) is 27.8 Å². The molecule has 0 saturated carbocycles. The van der Waals surface area contributed by atoms with Crippen LogP contribution in [0.1, 0.15) is 157 Å². The minimum absolute atomic E-state index is 0. The van der Waals surface area contributed by atoms with E-state index in [1.165, 1.54) is 29.2 Å². The standard InChI is InChI=1S/C24H24N4O3.C23H22N4O3.C22H21N3O2.CH4/c1-14(2)30-22-10-7-16(11-17(22)12-25)24-27-23(28-31-24)20-6-4-5-19-18(20)8-9-21(19)26-13-15(3)29;1-13(2)29-21-10-7-15(11-16(21)12-24)23-26-22(27-30-23)19-6-4-5-18-17(19)8-9-20(18)25-14(3)28;1-13(2)26-20-10-8-15(11-16(20)12-23)22-24-21(25-27-22)19-6-4-5-17-14(3)7-9-18(17)19;/h4-7,10-11,14,21,26H,8-9,13H2,1-3H3;4-7,10-11,13,20H,8-9H2,1-3H3,(H,25,28);4-6,8,10-11,13-14H,7,9H2,1-3H3;1H4. The predicted octanol–water partition coefficient (Wildman–Crippen LogP) is 14.2. The number of fused-ring (bicyclic) bond motifs is 3. The summed E-state index contributed by atoms with van der Waals surface area (Å²) in [6, 6.07) is 40.8. The summed E-state index contributed by atoms with van der Waals surface area (Å²) in [6.45, 7) is 17.2. The Kier molecular flexibility index (Phi) is 19.9. The van der Waals surface area contributed by atoms with Gasteiger partial charge in [-0.25, -0.2) is 0 Å². The van der Waals surface area contributed by atoms with E-state index >= 15 is 0 Å². The molecule has 3 atom stereocenters. The number of aromatic nitrogens is 6. The van der Waals surface area contributed by atoms with Gasteiger partial charge in [0.1, 0.15) is 41.2 Å². The molecule has 3 aliphatic rings. The lowest BCUT2D eigenvalue weighted by atomic mass is 9.99. The molecule has 3 unspecified atom stereocenters. The Balaban J connectivity index is 0.000000158. The van der Waals surface area contributed by atoms with E-state index in [0.29, 0.717) is 98.2 Å². The third-order valence-corrected chi connectivity index (χ3v) is 15.2. The van der Waals surface area contributed by atoms with Crippen LogP contribution in [0.25, 0.3) is 68.5 Å². The first kappa shape index (κ1) is 63.2. The Hall–Kier alpha value is -10.3. The van der Waals surface area contributed by atoms with Crippen LogP contribution in [0.5, 0.6) is 17.2 Å². The van der Waals surface area contributed by atoms with Crippen molar-refractivity contribution < 1.29 is 37.4 Å². The second-order valence-electron chi connectivity index (χ2n) is 22.8. The monoisotopic (exact) mass is 1190 g/mol. The first-order valence-corrected chi connectivity index (χ1v) is 29.5. The van der Waals surface area contributed by atoms with Gasteiger partial charge < -0.3 is 38.4 Å². The van der Waals surface area contributed by atoms with Crippen molar-refractivity contribution in [3.63, 3.8) is 0 Å². The van der Waals surface area contributed by atoms with Crippen LogP contribution in [0.3, 0.4) is 0 Å². The number of hydrogen-bond acceptors (Lipinski definition) is 18. The molecular formula is C70H71N11O8. The van der Waals surface area contributed by atoms with E-state index < -0.39 is 0 Å². The van der Waals surface area contributed by atoms with E-state index in [0.717, 1.165) is 66.3 Å². The fourth-order valence-corrected chi connectivity index (χ4v) is 11.3. The van der Waals surface area contributed by atoms with Gasteiger partial charge in [0.25, 0.3) is 17.7 Å². The number of carbonyl (C=O) groups excluding carboxylic acids is 2. The van der Waals surface area contributed by atoms with E-state index in [9.17, 15) is 25.4 Å². The maximum Gasteiger partial charge on any atom is 0.258 e. The lowest BCUT2D eigenvalue weighted by Gasteiger charge is -2.13. The smallest absolute Gasteiger partial charge is 0.258 e. The third-order valence-electron chi connectivity index (χ3n) is 15.2. The Morgan fingerprint density at radius 2 is 0.888 bits per heavy atom. The van der Waals surface area contributed by atoms with Gasteiger partial charge in [0, 0.05) is 46.3 Å². The number of hydrogen-bond donors (Lipinski definition) is 2. The second-order valence-corrected chi connectivity index (χ2v) is 22.8. The number of carbonyl (C=O) groups is 2. The van der Waals surface area contributed by atoms with Gasteiger partial charge in [-0.1, -0.05) is 84.4 Å². The number of nitrogens with one attached hydrogen (secondary N) is 2. The van der Waals surface area contributed by atoms with Crippen LogP contribution in [-0.2, 0) is 28.9 Å². The van der Waals surface area contributed by atoms with E-state index in [1.54, 1.807) is 49.4 Å². The van der Waals surface area contributed by atoms with Crippen molar-refractivity contribution in [3.8, 4) is 104 Å². The first-order chi connectivity index (χ1) is 42.5. The quantitative estimate of drug-likeness (QED) is 0.0909. The molecule has 3 heterocycles. The van der Waals surface area contributed by atoms with Crippen LogP contribution < -0.4 is 24.8 Å². The van der Waals surface area contributed by atoms with Gasteiger partial charge >= 0.3 is 0 Å². The van der Waals surface area contributed by atoms with Crippen molar-refractivity contribution in [1.29, 1.82) is 15.8 Å². The number of amides is 1. The number of nitrogens with zero attached hydrogens (tertiary/aromatic N) is 9. The fourth-order valence-electron chi connectivity index (χ4n) is 11.3. The molecule has 454 valence electrons. The molecule has 89 heavy (non-hydrogen) atoms.